The maximum Gasteiger partial charge on any atom is 0.419 e. The molecule has 4 nitrogen and oxygen atoms in total. The van der Waals surface area contributed by atoms with E-state index >= 15 is 0 Å². The number of nitrogens with zero attached hydrogens (tertiary/aromatic N) is 1. The summed E-state index contributed by atoms with van der Waals surface area (Å²) in [5.74, 6) is -0.0169. The molecule has 0 aromatic heterocycles. The van der Waals surface area contributed by atoms with Crippen LogP contribution in [0.4, 0.5) is 20.6 Å². The van der Waals surface area contributed by atoms with E-state index in [2.05, 4.69) is 5.32 Å². The van der Waals surface area contributed by atoms with Crippen molar-refractivity contribution >= 4 is 34.7 Å². The predicted molar refractivity (Wildman–Crippen MR) is 98.4 cm³/mol. The fourth-order valence-corrected chi connectivity index (χ4v) is 2.22. The van der Waals surface area contributed by atoms with Crippen molar-refractivity contribution < 1.29 is 13.9 Å². The Kier molecular flexibility index (Phi) is 6.26. The highest BCUT2D eigenvalue weighted by Gasteiger charge is 2.17. The lowest BCUT2D eigenvalue weighted by atomic mass is 10.3. The first-order valence-electron chi connectivity index (χ1n) is 7.68. The van der Waals surface area contributed by atoms with Gasteiger partial charge in [0.15, 0.2) is 0 Å². The van der Waals surface area contributed by atoms with Crippen LogP contribution in [0.15, 0.2) is 48.5 Å². The maximum atomic E-state index is 13.4. The summed E-state index contributed by atoms with van der Waals surface area (Å²) in [5, 5.41) is 3.06. The zero-order valence-corrected chi connectivity index (χ0v) is 14.4. The minimum Gasteiger partial charge on any atom is -0.410 e. The summed E-state index contributed by atoms with van der Waals surface area (Å²) in [6.45, 7) is 4.11. The Hall–Kier alpha value is -2.47. The van der Waals surface area contributed by atoms with E-state index in [4.69, 9.17) is 17.0 Å². The molecule has 0 fully saturated rings. The van der Waals surface area contributed by atoms with Crippen LogP contribution in [0.25, 0.3) is 0 Å². The van der Waals surface area contributed by atoms with Crippen molar-refractivity contribution in [1.82, 2.24) is 0 Å². The van der Waals surface area contributed by atoms with Gasteiger partial charge < -0.3 is 10.1 Å². The first-order chi connectivity index (χ1) is 11.5. The molecule has 0 saturated heterocycles. The van der Waals surface area contributed by atoms with Gasteiger partial charge in [-0.05, 0) is 43.7 Å². The first kappa shape index (κ1) is 17.9. The lowest BCUT2D eigenvalue weighted by molar-refractivity contribution is 0.208. The van der Waals surface area contributed by atoms with Gasteiger partial charge in [-0.3, -0.25) is 4.90 Å². The number of ether oxygens (including phenoxy) is 1. The molecule has 2 aromatic rings. The molecular formula is C18H19FN2O2S. The highest BCUT2D eigenvalue weighted by molar-refractivity contribution is 7.80. The van der Waals surface area contributed by atoms with E-state index in [0.29, 0.717) is 23.0 Å². The number of nitrogens with one attached hydrogen (secondary N) is 1. The fraction of sp³-hybridized carbons (Fsp3) is 0.222. The second kappa shape index (κ2) is 8.40. The van der Waals surface area contributed by atoms with E-state index in [0.717, 1.165) is 12.1 Å². The summed E-state index contributed by atoms with van der Waals surface area (Å²) in [5.41, 5.74) is 1.20. The number of anilines is 2. The van der Waals surface area contributed by atoms with Crippen LogP contribution in [-0.2, 0) is 0 Å². The van der Waals surface area contributed by atoms with Gasteiger partial charge in [-0.1, -0.05) is 31.3 Å². The second-order valence-electron chi connectivity index (χ2n) is 5.02. The molecule has 0 aliphatic rings. The zero-order valence-electron chi connectivity index (χ0n) is 13.6. The molecule has 2 rings (SSSR count). The van der Waals surface area contributed by atoms with Crippen LogP contribution >= 0.6 is 12.2 Å². The third kappa shape index (κ3) is 4.76. The van der Waals surface area contributed by atoms with Gasteiger partial charge >= 0.3 is 6.09 Å². The third-order valence-corrected chi connectivity index (χ3v) is 3.69. The average Bonchev–Trinajstić information content (AvgIpc) is 2.55. The second-order valence-corrected chi connectivity index (χ2v) is 5.51. The minimum atomic E-state index is -0.571. The molecule has 126 valence electrons. The zero-order chi connectivity index (χ0) is 17.5. The molecule has 0 saturated carbocycles. The van der Waals surface area contributed by atoms with Gasteiger partial charge in [0.1, 0.15) is 11.6 Å². The number of halogens is 1. The summed E-state index contributed by atoms with van der Waals surface area (Å²) in [4.78, 5) is 14.4. The molecule has 24 heavy (non-hydrogen) atoms. The van der Waals surface area contributed by atoms with E-state index in [1.54, 1.807) is 37.3 Å². The molecule has 0 spiro atoms. The van der Waals surface area contributed by atoms with Crippen molar-refractivity contribution in [2.45, 2.75) is 20.3 Å². The number of carbonyl (C=O) groups excluding carboxylic acids is 1. The largest absolute Gasteiger partial charge is 0.419 e. The third-order valence-electron chi connectivity index (χ3n) is 3.30. The Morgan fingerprint density at radius 3 is 2.62 bits per heavy atom. The van der Waals surface area contributed by atoms with Gasteiger partial charge in [-0.2, -0.15) is 0 Å². The van der Waals surface area contributed by atoms with E-state index in [1.807, 2.05) is 13.0 Å². The average molecular weight is 346 g/mol. The monoisotopic (exact) mass is 346 g/mol. The van der Waals surface area contributed by atoms with Gasteiger partial charge in [-0.15, -0.1) is 0 Å². The van der Waals surface area contributed by atoms with Crippen molar-refractivity contribution in [3.63, 3.8) is 0 Å². The molecule has 0 radical (unpaired) electrons. The molecule has 0 bridgehead atoms. The van der Waals surface area contributed by atoms with Gasteiger partial charge in [0.25, 0.3) is 0 Å². The first-order valence-corrected chi connectivity index (χ1v) is 8.09. The van der Waals surface area contributed by atoms with Crippen molar-refractivity contribution in [2.75, 3.05) is 16.8 Å². The Morgan fingerprint density at radius 1 is 1.21 bits per heavy atom. The molecule has 2 aromatic carbocycles. The van der Waals surface area contributed by atoms with Crippen LogP contribution in [0.3, 0.4) is 0 Å². The summed E-state index contributed by atoms with van der Waals surface area (Å²) >= 11 is 5.14. The summed E-state index contributed by atoms with van der Waals surface area (Å²) in [6, 6.07) is 12.8. The van der Waals surface area contributed by atoms with Gasteiger partial charge in [0, 0.05) is 24.0 Å². The van der Waals surface area contributed by atoms with Crippen LogP contribution in [-0.4, -0.2) is 17.6 Å². The number of hydrogen-bond acceptors (Lipinski definition) is 3. The summed E-state index contributed by atoms with van der Waals surface area (Å²) in [7, 11) is 0. The number of amides is 1. The Balaban J connectivity index is 2.13. The van der Waals surface area contributed by atoms with Crippen LogP contribution < -0.4 is 15.0 Å². The molecule has 0 unspecified atom stereocenters. The molecule has 0 atom stereocenters. The quantitative estimate of drug-likeness (QED) is 0.774. The highest BCUT2D eigenvalue weighted by atomic mass is 32.1. The Bertz CT molecular complexity index is 736. The predicted octanol–water partition coefficient (Wildman–Crippen LogP) is 5.00. The fourth-order valence-electron chi connectivity index (χ4n) is 2.10. The number of benzene rings is 2. The van der Waals surface area contributed by atoms with Gasteiger partial charge in [-0.25, -0.2) is 9.18 Å². The van der Waals surface area contributed by atoms with E-state index in [9.17, 15) is 9.18 Å². The SMILES string of the molecule is CCC(=S)Nc1cccc(OC(=O)N(CC)c2cccc(F)c2)c1. The Labute approximate surface area is 146 Å². The number of rotatable bonds is 5. The van der Waals surface area contributed by atoms with E-state index < -0.39 is 11.9 Å². The summed E-state index contributed by atoms with van der Waals surface area (Å²) in [6.07, 6.45) is 0.154. The van der Waals surface area contributed by atoms with Gasteiger partial charge in [0.05, 0.1) is 4.99 Å². The lowest BCUT2D eigenvalue weighted by Gasteiger charge is -2.20. The molecular weight excluding hydrogens is 327 g/mol. The van der Waals surface area contributed by atoms with Crippen LogP contribution in [0.5, 0.6) is 5.75 Å². The van der Waals surface area contributed by atoms with Crippen molar-refractivity contribution in [2.24, 2.45) is 0 Å². The molecule has 0 aliphatic carbocycles. The number of thiocarbonyl (C=S) groups is 1. The Morgan fingerprint density at radius 2 is 1.96 bits per heavy atom. The standard InChI is InChI=1S/C18H19FN2O2S/c1-3-17(24)20-14-8-6-10-16(12-14)23-18(22)21(4-2)15-9-5-7-13(19)11-15/h5-12H,3-4H2,1-2H3,(H,20,24). The van der Waals surface area contributed by atoms with Crippen LogP contribution in [0.2, 0.25) is 0 Å². The molecule has 1 amide bonds. The highest BCUT2D eigenvalue weighted by Crippen LogP contribution is 2.21. The van der Waals surface area contributed by atoms with Crippen molar-refractivity contribution in [3.05, 3.63) is 54.3 Å². The molecule has 6 heteroatoms. The minimum absolute atomic E-state index is 0.361. The van der Waals surface area contributed by atoms with Crippen molar-refractivity contribution in [3.8, 4) is 5.75 Å². The smallest absolute Gasteiger partial charge is 0.410 e. The topological polar surface area (TPSA) is 41.6 Å². The lowest BCUT2D eigenvalue weighted by Crippen LogP contribution is -2.33. The van der Waals surface area contributed by atoms with Crippen LogP contribution in [0.1, 0.15) is 20.3 Å². The molecule has 1 N–H and O–H groups in total. The summed E-state index contributed by atoms with van der Waals surface area (Å²) < 4.78 is 18.8. The van der Waals surface area contributed by atoms with Crippen LogP contribution in [0, 0.1) is 5.82 Å². The van der Waals surface area contributed by atoms with E-state index in [1.165, 1.54) is 17.0 Å². The molecule has 0 heterocycles. The normalized spacial score (nSPS) is 10.1. The number of carbonyl (C=O) groups is 1. The molecule has 0 aliphatic heterocycles. The maximum absolute atomic E-state index is 13.4. The van der Waals surface area contributed by atoms with E-state index in [-0.39, 0.29) is 0 Å². The number of hydrogen-bond donors (Lipinski definition) is 1. The van der Waals surface area contributed by atoms with Crippen molar-refractivity contribution in [1.29, 1.82) is 0 Å². The van der Waals surface area contributed by atoms with Gasteiger partial charge in [0.2, 0.25) is 0 Å².